The van der Waals surface area contributed by atoms with Crippen LogP contribution in [-0.4, -0.2) is 8.07 Å². The fraction of sp³-hybridized carbons (Fsp3) is 0.333. The molecule has 2 aromatic carbocycles. The van der Waals surface area contributed by atoms with E-state index in [1.807, 2.05) is 0 Å². The third kappa shape index (κ3) is 3.78. The van der Waals surface area contributed by atoms with Crippen molar-refractivity contribution in [2.75, 3.05) is 0 Å². The van der Waals surface area contributed by atoms with Gasteiger partial charge in [0, 0.05) is 0 Å². The summed E-state index contributed by atoms with van der Waals surface area (Å²) in [5, 5.41) is 0. The van der Waals surface area contributed by atoms with Crippen molar-refractivity contribution in [1.82, 2.24) is 0 Å². The van der Waals surface area contributed by atoms with Crippen LogP contribution < -0.4 is 0 Å². The number of aryl methyl sites for hydroxylation is 1. The monoisotopic (exact) mass is 308 g/mol. The Balaban J connectivity index is 2.58. The molecule has 0 saturated heterocycles. The van der Waals surface area contributed by atoms with Crippen LogP contribution in [0.5, 0.6) is 0 Å². The lowest BCUT2D eigenvalue weighted by molar-refractivity contribution is 1.19. The molecule has 116 valence electrons. The summed E-state index contributed by atoms with van der Waals surface area (Å²) in [6.45, 7) is 9.26. The maximum Gasteiger partial charge on any atom is 0.0778 e. The van der Waals surface area contributed by atoms with Gasteiger partial charge in [0.25, 0.3) is 0 Å². The topological polar surface area (TPSA) is 0 Å². The molecule has 0 N–H and O–H groups in total. The highest BCUT2D eigenvalue weighted by Crippen LogP contribution is 2.30. The highest BCUT2D eigenvalue weighted by Gasteiger charge is 2.25. The van der Waals surface area contributed by atoms with Crippen molar-refractivity contribution in [2.24, 2.45) is 0 Å². The Bertz CT molecular complexity index is 596. The SMILES string of the molecule is CC[Si](/C=C(\c1ccccc1)c1ccc(C)cc1)(CC)CC. The lowest BCUT2D eigenvalue weighted by Crippen LogP contribution is -2.29. The summed E-state index contributed by atoms with van der Waals surface area (Å²) in [7, 11) is -1.32. The average Bonchev–Trinajstić information content (AvgIpc) is 2.59. The Morgan fingerprint density at radius 3 is 1.77 bits per heavy atom. The maximum absolute atomic E-state index is 2.66. The zero-order valence-corrected chi connectivity index (χ0v) is 15.4. The van der Waals surface area contributed by atoms with Gasteiger partial charge in [0.15, 0.2) is 0 Å². The van der Waals surface area contributed by atoms with Crippen LogP contribution in [0.1, 0.15) is 37.5 Å². The van der Waals surface area contributed by atoms with E-state index in [1.165, 1.54) is 40.4 Å². The minimum atomic E-state index is -1.32. The van der Waals surface area contributed by atoms with Gasteiger partial charge in [-0.3, -0.25) is 0 Å². The largest absolute Gasteiger partial charge is 0.0859 e. The quantitative estimate of drug-likeness (QED) is 0.536. The summed E-state index contributed by atoms with van der Waals surface area (Å²) in [5.41, 5.74) is 8.11. The molecule has 0 saturated carbocycles. The highest BCUT2D eigenvalue weighted by atomic mass is 28.3. The Hall–Kier alpha value is -1.60. The van der Waals surface area contributed by atoms with E-state index in [4.69, 9.17) is 0 Å². The first-order valence-corrected chi connectivity index (χ1v) is 11.2. The van der Waals surface area contributed by atoms with Crippen molar-refractivity contribution < 1.29 is 0 Å². The van der Waals surface area contributed by atoms with E-state index in [-0.39, 0.29) is 0 Å². The van der Waals surface area contributed by atoms with E-state index in [0.29, 0.717) is 0 Å². The van der Waals surface area contributed by atoms with Gasteiger partial charge in [0.05, 0.1) is 8.07 Å². The zero-order valence-electron chi connectivity index (χ0n) is 14.4. The standard InChI is InChI=1S/C21H28Si/c1-5-22(6-2,7-3)17-21(19-11-9-8-10-12-19)20-15-13-18(4)14-16-20/h8-17H,5-7H2,1-4H3/b21-17+. The molecule has 0 aliphatic rings. The smallest absolute Gasteiger partial charge is 0.0778 e. The van der Waals surface area contributed by atoms with Crippen LogP contribution in [0.25, 0.3) is 5.57 Å². The molecule has 0 fully saturated rings. The van der Waals surface area contributed by atoms with Gasteiger partial charge >= 0.3 is 0 Å². The predicted molar refractivity (Wildman–Crippen MR) is 102 cm³/mol. The van der Waals surface area contributed by atoms with Gasteiger partial charge in [-0.15, -0.1) is 0 Å². The number of hydrogen-bond donors (Lipinski definition) is 0. The van der Waals surface area contributed by atoms with E-state index in [2.05, 4.69) is 88.0 Å². The normalized spacial score (nSPS) is 12.5. The summed E-state index contributed by atoms with van der Waals surface area (Å²) >= 11 is 0. The first kappa shape index (κ1) is 16.8. The molecule has 1 heteroatoms. The highest BCUT2D eigenvalue weighted by molar-refractivity contribution is 6.85. The number of rotatable bonds is 6. The molecule has 0 bridgehead atoms. The minimum Gasteiger partial charge on any atom is -0.0859 e. The molecule has 0 aromatic heterocycles. The van der Waals surface area contributed by atoms with Crippen LogP contribution in [-0.2, 0) is 0 Å². The van der Waals surface area contributed by atoms with E-state index in [1.54, 1.807) is 0 Å². The summed E-state index contributed by atoms with van der Waals surface area (Å²) < 4.78 is 0. The van der Waals surface area contributed by atoms with Crippen LogP contribution >= 0.6 is 0 Å². The molecular formula is C21H28Si. The lowest BCUT2D eigenvalue weighted by atomic mass is 9.99. The molecule has 0 radical (unpaired) electrons. The fourth-order valence-electron chi connectivity index (χ4n) is 3.05. The first-order valence-electron chi connectivity index (χ1n) is 8.49. The molecule has 0 unspecified atom stereocenters. The molecule has 0 spiro atoms. The summed E-state index contributed by atoms with van der Waals surface area (Å²) in [6, 6.07) is 23.8. The van der Waals surface area contributed by atoms with Crippen molar-refractivity contribution >= 4 is 13.6 Å². The van der Waals surface area contributed by atoms with Crippen LogP contribution in [0.15, 0.2) is 60.3 Å². The van der Waals surface area contributed by atoms with Crippen molar-refractivity contribution in [3.63, 3.8) is 0 Å². The van der Waals surface area contributed by atoms with Crippen LogP contribution in [0.3, 0.4) is 0 Å². The molecular weight excluding hydrogens is 280 g/mol. The third-order valence-electron chi connectivity index (χ3n) is 5.01. The van der Waals surface area contributed by atoms with Crippen LogP contribution in [0, 0.1) is 6.92 Å². The molecule has 0 aliphatic heterocycles. The van der Waals surface area contributed by atoms with Crippen molar-refractivity contribution in [3.8, 4) is 0 Å². The average molecular weight is 309 g/mol. The second-order valence-electron chi connectivity index (χ2n) is 6.21. The van der Waals surface area contributed by atoms with E-state index in [0.717, 1.165) is 0 Å². The molecule has 2 aromatic rings. The Labute approximate surface area is 136 Å². The van der Waals surface area contributed by atoms with Gasteiger partial charge in [-0.25, -0.2) is 0 Å². The van der Waals surface area contributed by atoms with Crippen molar-refractivity contribution in [3.05, 3.63) is 77.0 Å². The molecule has 0 amide bonds. The van der Waals surface area contributed by atoms with Crippen LogP contribution in [0.2, 0.25) is 18.1 Å². The second kappa shape index (κ2) is 7.60. The Morgan fingerprint density at radius 2 is 1.27 bits per heavy atom. The molecule has 0 atom stereocenters. The van der Waals surface area contributed by atoms with E-state index < -0.39 is 8.07 Å². The zero-order chi connectivity index (χ0) is 16.0. The van der Waals surface area contributed by atoms with Gasteiger partial charge in [-0.2, -0.15) is 0 Å². The maximum atomic E-state index is 2.66. The summed E-state index contributed by atoms with van der Waals surface area (Å²) in [6.07, 6.45) is 0. The molecule has 0 heterocycles. The minimum absolute atomic E-state index is 1.32. The van der Waals surface area contributed by atoms with E-state index in [9.17, 15) is 0 Å². The fourth-order valence-corrected chi connectivity index (χ4v) is 6.10. The van der Waals surface area contributed by atoms with Gasteiger partial charge in [-0.05, 0) is 23.6 Å². The molecule has 0 nitrogen and oxygen atoms in total. The number of hydrogen-bond acceptors (Lipinski definition) is 0. The third-order valence-corrected chi connectivity index (χ3v) is 10.1. The molecule has 22 heavy (non-hydrogen) atoms. The Kier molecular flexibility index (Phi) is 5.79. The number of benzene rings is 2. The van der Waals surface area contributed by atoms with Gasteiger partial charge < -0.3 is 0 Å². The van der Waals surface area contributed by atoms with Gasteiger partial charge in [0.1, 0.15) is 0 Å². The summed E-state index contributed by atoms with van der Waals surface area (Å²) in [4.78, 5) is 0. The van der Waals surface area contributed by atoms with E-state index >= 15 is 0 Å². The molecule has 0 aliphatic carbocycles. The summed E-state index contributed by atoms with van der Waals surface area (Å²) in [5.74, 6) is 0. The van der Waals surface area contributed by atoms with Crippen molar-refractivity contribution in [2.45, 2.75) is 45.8 Å². The Morgan fingerprint density at radius 1 is 0.773 bits per heavy atom. The molecule has 2 rings (SSSR count). The van der Waals surface area contributed by atoms with Crippen molar-refractivity contribution in [1.29, 1.82) is 0 Å². The second-order valence-corrected chi connectivity index (χ2v) is 11.3. The predicted octanol–water partition coefficient (Wildman–Crippen LogP) is 6.47. The first-order chi connectivity index (χ1) is 10.6. The van der Waals surface area contributed by atoms with Gasteiger partial charge in [-0.1, -0.05) is 105 Å². The van der Waals surface area contributed by atoms with Crippen LogP contribution in [0.4, 0.5) is 0 Å². The lowest BCUT2D eigenvalue weighted by Gasteiger charge is -2.26. The van der Waals surface area contributed by atoms with Gasteiger partial charge in [0.2, 0.25) is 0 Å².